The summed E-state index contributed by atoms with van der Waals surface area (Å²) in [6.07, 6.45) is 1.08. The van der Waals surface area contributed by atoms with Crippen molar-refractivity contribution in [3.63, 3.8) is 0 Å². The Morgan fingerprint density at radius 2 is 2.19 bits per heavy atom. The van der Waals surface area contributed by atoms with Crippen LogP contribution in [0.4, 0.5) is 5.69 Å². The second-order valence-electron chi connectivity index (χ2n) is 3.99. The van der Waals surface area contributed by atoms with Crippen molar-refractivity contribution in [3.05, 3.63) is 29.8 Å². The van der Waals surface area contributed by atoms with Crippen molar-refractivity contribution in [2.75, 3.05) is 24.7 Å². The first kappa shape index (κ1) is 11.0. The van der Waals surface area contributed by atoms with Gasteiger partial charge in [-0.2, -0.15) is 5.26 Å². The lowest BCUT2D eigenvalue weighted by molar-refractivity contribution is 0.0930. The normalized spacial score (nSPS) is 20.5. The van der Waals surface area contributed by atoms with Gasteiger partial charge in [0.15, 0.2) is 0 Å². The number of hydrogen-bond acceptors (Lipinski definition) is 3. The third kappa shape index (κ3) is 2.17. The van der Waals surface area contributed by atoms with Gasteiger partial charge in [0.1, 0.15) is 0 Å². The average Bonchev–Trinajstić information content (AvgIpc) is 2.39. The van der Waals surface area contributed by atoms with Crippen molar-refractivity contribution in [1.29, 1.82) is 5.26 Å². The highest BCUT2D eigenvalue weighted by Gasteiger charge is 2.21. The molecule has 1 aliphatic rings. The average molecular weight is 216 g/mol. The molecule has 1 unspecified atom stereocenters. The molecule has 0 bridgehead atoms. The van der Waals surface area contributed by atoms with Crippen LogP contribution >= 0.6 is 0 Å². The summed E-state index contributed by atoms with van der Waals surface area (Å²) in [5.41, 5.74) is 1.90. The highest BCUT2D eigenvalue weighted by Crippen LogP contribution is 2.21. The van der Waals surface area contributed by atoms with Gasteiger partial charge in [0.05, 0.1) is 30.9 Å². The van der Waals surface area contributed by atoms with E-state index in [4.69, 9.17) is 10.00 Å². The maximum absolute atomic E-state index is 8.75. The molecule has 1 aromatic rings. The highest BCUT2D eigenvalue weighted by atomic mass is 16.5. The van der Waals surface area contributed by atoms with E-state index in [1.807, 2.05) is 24.3 Å². The summed E-state index contributed by atoms with van der Waals surface area (Å²) in [4.78, 5) is 2.37. The third-order valence-corrected chi connectivity index (χ3v) is 3.03. The van der Waals surface area contributed by atoms with Crippen molar-refractivity contribution in [2.24, 2.45) is 0 Å². The molecule has 0 spiro atoms. The van der Waals surface area contributed by atoms with Gasteiger partial charge in [0.25, 0.3) is 0 Å². The Kier molecular flexibility index (Phi) is 3.43. The van der Waals surface area contributed by atoms with E-state index in [9.17, 15) is 0 Å². The SMILES string of the molecule is CCC1COCCN1c1ccc(C#N)cc1. The Morgan fingerprint density at radius 1 is 1.44 bits per heavy atom. The minimum Gasteiger partial charge on any atom is -0.377 e. The lowest BCUT2D eigenvalue weighted by Crippen LogP contribution is -2.45. The van der Waals surface area contributed by atoms with Gasteiger partial charge in [-0.1, -0.05) is 6.92 Å². The second kappa shape index (κ2) is 5.00. The highest BCUT2D eigenvalue weighted by molar-refractivity contribution is 5.50. The Hall–Kier alpha value is -1.53. The zero-order valence-electron chi connectivity index (χ0n) is 9.52. The number of rotatable bonds is 2. The first-order valence-electron chi connectivity index (χ1n) is 5.69. The standard InChI is InChI=1S/C13H16N2O/c1-2-12-10-16-8-7-15(12)13-5-3-11(9-14)4-6-13/h3-6,12H,2,7-8,10H2,1H3. The maximum atomic E-state index is 8.75. The summed E-state index contributed by atoms with van der Waals surface area (Å²) < 4.78 is 5.48. The van der Waals surface area contributed by atoms with Crippen LogP contribution in [0.15, 0.2) is 24.3 Å². The van der Waals surface area contributed by atoms with E-state index in [0.717, 1.165) is 26.2 Å². The van der Waals surface area contributed by atoms with Crippen molar-refractivity contribution in [3.8, 4) is 6.07 Å². The predicted molar refractivity (Wildman–Crippen MR) is 63.4 cm³/mol. The van der Waals surface area contributed by atoms with Crippen LogP contribution in [-0.2, 0) is 4.74 Å². The zero-order chi connectivity index (χ0) is 11.4. The number of ether oxygens (including phenoxy) is 1. The van der Waals surface area contributed by atoms with E-state index in [1.54, 1.807) is 0 Å². The number of anilines is 1. The molecule has 0 saturated carbocycles. The Bertz CT molecular complexity index is 380. The molecule has 1 heterocycles. The second-order valence-corrected chi connectivity index (χ2v) is 3.99. The summed E-state index contributed by atoms with van der Waals surface area (Å²) >= 11 is 0. The van der Waals surface area contributed by atoms with Crippen LogP contribution in [0.25, 0.3) is 0 Å². The van der Waals surface area contributed by atoms with E-state index >= 15 is 0 Å². The molecule has 0 aromatic heterocycles. The minimum absolute atomic E-state index is 0.460. The molecular weight excluding hydrogens is 200 g/mol. The fourth-order valence-electron chi connectivity index (χ4n) is 2.06. The van der Waals surface area contributed by atoms with E-state index < -0.39 is 0 Å². The van der Waals surface area contributed by atoms with Crippen LogP contribution in [0.3, 0.4) is 0 Å². The number of nitrogens with zero attached hydrogens (tertiary/aromatic N) is 2. The molecule has 84 valence electrons. The van der Waals surface area contributed by atoms with Crippen molar-refractivity contribution in [1.82, 2.24) is 0 Å². The fourth-order valence-corrected chi connectivity index (χ4v) is 2.06. The lowest BCUT2D eigenvalue weighted by Gasteiger charge is -2.36. The Morgan fingerprint density at radius 3 is 2.81 bits per heavy atom. The van der Waals surface area contributed by atoms with Crippen LogP contribution in [0, 0.1) is 11.3 Å². The largest absolute Gasteiger partial charge is 0.377 e. The van der Waals surface area contributed by atoms with Gasteiger partial charge in [-0.3, -0.25) is 0 Å². The fraction of sp³-hybridized carbons (Fsp3) is 0.462. The summed E-state index contributed by atoms with van der Waals surface area (Å²) in [7, 11) is 0. The minimum atomic E-state index is 0.460. The van der Waals surface area contributed by atoms with Crippen LogP contribution < -0.4 is 4.90 Å². The third-order valence-electron chi connectivity index (χ3n) is 3.03. The maximum Gasteiger partial charge on any atom is 0.0991 e. The van der Waals surface area contributed by atoms with Gasteiger partial charge >= 0.3 is 0 Å². The summed E-state index contributed by atoms with van der Waals surface area (Å²) in [5.74, 6) is 0. The molecule has 0 amide bonds. The molecule has 3 nitrogen and oxygen atoms in total. The smallest absolute Gasteiger partial charge is 0.0991 e. The van der Waals surface area contributed by atoms with Crippen molar-refractivity contribution in [2.45, 2.75) is 19.4 Å². The van der Waals surface area contributed by atoms with Gasteiger partial charge < -0.3 is 9.64 Å². The molecule has 1 atom stereocenters. The molecule has 1 saturated heterocycles. The monoisotopic (exact) mass is 216 g/mol. The number of benzene rings is 1. The molecule has 1 aliphatic heterocycles. The van der Waals surface area contributed by atoms with Crippen LogP contribution in [0.1, 0.15) is 18.9 Å². The van der Waals surface area contributed by atoms with Crippen molar-refractivity contribution < 1.29 is 4.74 Å². The molecular formula is C13H16N2O. The van der Waals surface area contributed by atoms with Crippen molar-refractivity contribution >= 4 is 5.69 Å². The number of hydrogen-bond donors (Lipinski definition) is 0. The summed E-state index contributed by atoms with van der Waals surface area (Å²) in [6, 6.07) is 10.4. The van der Waals surface area contributed by atoms with Crippen LogP contribution in [-0.4, -0.2) is 25.8 Å². The van der Waals surface area contributed by atoms with Crippen LogP contribution in [0.2, 0.25) is 0 Å². The molecule has 1 fully saturated rings. The summed E-state index contributed by atoms with van der Waals surface area (Å²) in [5, 5.41) is 8.75. The first-order valence-corrected chi connectivity index (χ1v) is 5.69. The molecule has 0 radical (unpaired) electrons. The van der Waals surface area contributed by atoms with Gasteiger partial charge in [-0.15, -0.1) is 0 Å². The molecule has 0 N–H and O–H groups in total. The quantitative estimate of drug-likeness (QED) is 0.760. The number of nitriles is 1. The van der Waals surface area contributed by atoms with Gasteiger partial charge in [0, 0.05) is 12.2 Å². The van der Waals surface area contributed by atoms with Crippen LogP contribution in [0.5, 0.6) is 0 Å². The van der Waals surface area contributed by atoms with Gasteiger partial charge in [-0.05, 0) is 30.7 Å². The van der Waals surface area contributed by atoms with E-state index in [2.05, 4.69) is 17.9 Å². The lowest BCUT2D eigenvalue weighted by atomic mass is 10.1. The van der Waals surface area contributed by atoms with E-state index in [-0.39, 0.29) is 0 Å². The van der Waals surface area contributed by atoms with E-state index in [0.29, 0.717) is 11.6 Å². The molecule has 1 aromatic carbocycles. The first-order chi connectivity index (χ1) is 7.85. The summed E-state index contributed by atoms with van der Waals surface area (Å²) in [6.45, 7) is 4.70. The van der Waals surface area contributed by atoms with Gasteiger partial charge in [-0.25, -0.2) is 0 Å². The molecule has 0 aliphatic carbocycles. The predicted octanol–water partition coefficient (Wildman–Crippen LogP) is 2.17. The topological polar surface area (TPSA) is 36.3 Å². The van der Waals surface area contributed by atoms with Gasteiger partial charge in [0.2, 0.25) is 0 Å². The Labute approximate surface area is 96.2 Å². The molecule has 16 heavy (non-hydrogen) atoms. The number of morpholine rings is 1. The van der Waals surface area contributed by atoms with E-state index in [1.165, 1.54) is 5.69 Å². The zero-order valence-corrected chi connectivity index (χ0v) is 9.52. The molecule has 3 heteroatoms. The Balaban J connectivity index is 2.18. The molecule has 2 rings (SSSR count).